The lowest BCUT2D eigenvalue weighted by atomic mass is 9.93. The smallest absolute Gasteiger partial charge is 0.338 e. The van der Waals surface area contributed by atoms with E-state index in [0.717, 1.165) is 0 Å². The number of nitrogens with zero attached hydrogens (tertiary/aromatic N) is 3. The average Bonchev–Trinajstić information content (AvgIpc) is 3.25. The van der Waals surface area contributed by atoms with E-state index in [1.807, 2.05) is 10.3 Å². The zero-order chi connectivity index (χ0) is 25.8. The van der Waals surface area contributed by atoms with E-state index in [-0.39, 0.29) is 30.8 Å². The number of amides is 1. The molecule has 192 valence electrons. The lowest BCUT2D eigenvalue weighted by Crippen LogP contribution is -2.42. The van der Waals surface area contributed by atoms with E-state index < -0.39 is 17.8 Å². The molecule has 36 heavy (non-hydrogen) atoms. The van der Waals surface area contributed by atoms with Gasteiger partial charge in [-0.1, -0.05) is 23.9 Å². The zero-order valence-electron chi connectivity index (χ0n) is 20.7. The second kappa shape index (κ2) is 11.3. The van der Waals surface area contributed by atoms with Crippen LogP contribution < -0.4 is 0 Å². The average molecular weight is 516 g/mol. The van der Waals surface area contributed by atoms with Crippen molar-refractivity contribution in [2.24, 2.45) is 10.9 Å². The molecule has 0 saturated carbocycles. The molecule has 1 fully saturated rings. The summed E-state index contributed by atoms with van der Waals surface area (Å²) >= 11 is 1.37. The van der Waals surface area contributed by atoms with Gasteiger partial charge in [0.05, 0.1) is 42.9 Å². The maximum Gasteiger partial charge on any atom is 0.338 e. The second-order valence-electron chi connectivity index (χ2n) is 8.75. The first-order valence-electron chi connectivity index (χ1n) is 12.1. The number of carbonyl (C=O) groups excluding carboxylic acids is 3. The molecule has 3 aliphatic heterocycles. The number of rotatable bonds is 7. The van der Waals surface area contributed by atoms with Crippen LogP contribution in [0.4, 0.5) is 4.39 Å². The van der Waals surface area contributed by atoms with Crippen LogP contribution in [0.1, 0.15) is 51.6 Å². The first-order valence-corrected chi connectivity index (χ1v) is 13.0. The molecule has 8 nitrogen and oxygen atoms in total. The fraction of sp³-hybridized carbons (Fsp3) is 0.462. The van der Waals surface area contributed by atoms with Gasteiger partial charge in [0.1, 0.15) is 5.82 Å². The number of allylic oxidation sites excluding steroid dienone is 1. The number of halogens is 1. The van der Waals surface area contributed by atoms with Crippen molar-refractivity contribution in [1.29, 1.82) is 0 Å². The summed E-state index contributed by atoms with van der Waals surface area (Å²) in [5.41, 5.74) is 2.08. The van der Waals surface area contributed by atoms with Crippen LogP contribution in [0.25, 0.3) is 0 Å². The van der Waals surface area contributed by atoms with E-state index in [2.05, 4.69) is 4.99 Å². The number of hydrogen-bond donors (Lipinski definition) is 0. The van der Waals surface area contributed by atoms with Gasteiger partial charge in [0.15, 0.2) is 5.17 Å². The van der Waals surface area contributed by atoms with Crippen molar-refractivity contribution in [1.82, 2.24) is 9.80 Å². The predicted molar refractivity (Wildman–Crippen MR) is 134 cm³/mol. The summed E-state index contributed by atoms with van der Waals surface area (Å²) < 4.78 is 24.7. The molecule has 1 amide bonds. The molecule has 4 rings (SSSR count). The minimum atomic E-state index is -0.671. The van der Waals surface area contributed by atoms with Gasteiger partial charge in [0.25, 0.3) is 0 Å². The molecule has 0 radical (unpaired) electrons. The molecule has 3 heterocycles. The van der Waals surface area contributed by atoms with E-state index in [4.69, 9.17) is 9.47 Å². The maximum absolute atomic E-state index is 14.2. The van der Waals surface area contributed by atoms with Crippen LogP contribution in [-0.4, -0.2) is 59.1 Å². The van der Waals surface area contributed by atoms with E-state index in [0.29, 0.717) is 60.2 Å². The third kappa shape index (κ3) is 5.33. The van der Waals surface area contributed by atoms with E-state index in [9.17, 15) is 18.8 Å². The largest absolute Gasteiger partial charge is 0.466 e. The molecular weight excluding hydrogens is 485 g/mol. The molecule has 1 aromatic rings. The van der Waals surface area contributed by atoms with Crippen molar-refractivity contribution in [2.75, 3.05) is 26.3 Å². The van der Waals surface area contributed by atoms with Gasteiger partial charge in [-0.3, -0.25) is 9.59 Å². The van der Waals surface area contributed by atoms with Gasteiger partial charge >= 0.3 is 11.9 Å². The van der Waals surface area contributed by atoms with Gasteiger partial charge in [-0.25, -0.2) is 14.2 Å². The van der Waals surface area contributed by atoms with Crippen LogP contribution >= 0.6 is 11.8 Å². The number of benzene rings is 1. The first-order chi connectivity index (χ1) is 17.3. The highest BCUT2D eigenvalue weighted by molar-refractivity contribution is 8.16. The summed E-state index contributed by atoms with van der Waals surface area (Å²) in [6, 6.07) is 5.42. The summed E-state index contributed by atoms with van der Waals surface area (Å²) in [5.74, 6) is -1.41. The fourth-order valence-electron chi connectivity index (χ4n) is 4.72. The number of thioether (sulfide) groups is 1. The lowest BCUT2D eigenvalue weighted by molar-refractivity contribution is -0.151. The highest BCUT2D eigenvalue weighted by Gasteiger charge is 2.41. The Balaban J connectivity index is 1.56. The summed E-state index contributed by atoms with van der Waals surface area (Å²) in [6.45, 7) is 6.73. The highest BCUT2D eigenvalue weighted by Crippen LogP contribution is 2.45. The molecule has 0 spiro atoms. The normalized spacial score (nSPS) is 20.1. The van der Waals surface area contributed by atoms with E-state index >= 15 is 0 Å². The number of piperidine rings is 1. The molecular formula is C26H30FN3O5S. The number of fused-ring (bicyclic) bond motifs is 1. The Bertz CT molecular complexity index is 1140. The minimum Gasteiger partial charge on any atom is -0.466 e. The second-order valence-corrected chi connectivity index (χ2v) is 9.59. The van der Waals surface area contributed by atoms with Crippen LogP contribution in [0.3, 0.4) is 0 Å². The van der Waals surface area contributed by atoms with Crippen molar-refractivity contribution in [2.45, 2.75) is 46.1 Å². The summed E-state index contributed by atoms with van der Waals surface area (Å²) in [4.78, 5) is 46.4. The van der Waals surface area contributed by atoms with Crippen molar-refractivity contribution < 1.29 is 28.2 Å². The fourth-order valence-corrected chi connectivity index (χ4v) is 5.69. The van der Waals surface area contributed by atoms with Crippen molar-refractivity contribution >= 4 is 34.8 Å². The number of likely N-dealkylation sites (tertiary alicyclic amines) is 1. The number of carbonyl (C=O) groups is 3. The van der Waals surface area contributed by atoms with Gasteiger partial charge in [-0.05, 0) is 56.7 Å². The molecule has 1 atom stereocenters. The van der Waals surface area contributed by atoms with Crippen LogP contribution in [-0.2, 0) is 23.9 Å². The minimum absolute atomic E-state index is 0.0765. The number of ether oxygens (including phenoxy) is 2. The van der Waals surface area contributed by atoms with Gasteiger partial charge in [0, 0.05) is 18.8 Å². The molecule has 3 aliphatic rings. The number of esters is 2. The van der Waals surface area contributed by atoms with E-state index in [1.54, 1.807) is 37.8 Å². The molecule has 1 unspecified atom stereocenters. The number of hydrogen-bond acceptors (Lipinski definition) is 8. The number of aliphatic imine (C=N–C) groups is 1. The van der Waals surface area contributed by atoms with Gasteiger partial charge in [-0.15, -0.1) is 0 Å². The Morgan fingerprint density at radius 2 is 1.86 bits per heavy atom. The summed E-state index contributed by atoms with van der Waals surface area (Å²) in [5, 5.41) is 2.48. The third-order valence-corrected chi connectivity index (χ3v) is 7.35. The van der Waals surface area contributed by atoms with Crippen LogP contribution in [0.15, 0.2) is 51.6 Å². The predicted octanol–water partition coefficient (Wildman–Crippen LogP) is 4.16. The molecule has 0 aromatic heterocycles. The monoisotopic (exact) mass is 515 g/mol. The molecule has 1 saturated heterocycles. The Hall–Kier alpha value is -3.14. The molecule has 0 bridgehead atoms. The Morgan fingerprint density at radius 1 is 1.14 bits per heavy atom. The third-order valence-electron chi connectivity index (χ3n) is 6.46. The molecule has 0 N–H and O–H groups in total. The summed E-state index contributed by atoms with van der Waals surface area (Å²) in [6.07, 6.45) is 1.22. The van der Waals surface area contributed by atoms with Gasteiger partial charge in [0.2, 0.25) is 5.91 Å². The van der Waals surface area contributed by atoms with Crippen LogP contribution in [0.5, 0.6) is 0 Å². The lowest BCUT2D eigenvalue weighted by Gasteiger charge is -2.37. The Labute approximate surface area is 214 Å². The topological polar surface area (TPSA) is 88.5 Å². The highest BCUT2D eigenvalue weighted by atomic mass is 32.2. The zero-order valence-corrected chi connectivity index (χ0v) is 21.5. The number of amidine groups is 1. The van der Waals surface area contributed by atoms with Crippen molar-refractivity contribution in [3.8, 4) is 0 Å². The molecule has 1 aromatic carbocycles. The van der Waals surface area contributed by atoms with Gasteiger partial charge in [-0.2, -0.15) is 0 Å². The summed E-state index contributed by atoms with van der Waals surface area (Å²) in [7, 11) is 0. The first kappa shape index (κ1) is 25.9. The Kier molecular flexibility index (Phi) is 8.13. The maximum atomic E-state index is 14.2. The van der Waals surface area contributed by atoms with Crippen molar-refractivity contribution in [3.05, 3.63) is 58.0 Å². The SMILES string of the molecule is CCOC(=O)C1=C(C)N=C2SC=C(CC(=O)N3CCC(C(=O)OCC)CC3)N2C1c1cccc(F)c1. The van der Waals surface area contributed by atoms with Crippen LogP contribution in [0, 0.1) is 11.7 Å². The quantitative estimate of drug-likeness (QED) is 0.504. The van der Waals surface area contributed by atoms with Crippen LogP contribution in [0.2, 0.25) is 0 Å². The Morgan fingerprint density at radius 3 is 2.53 bits per heavy atom. The van der Waals surface area contributed by atoms with E-state index in [1.165, 1.54) is 23.9 Å². The van der Waals surface area contributed by atoms with Crippen molar-refractivity contribution in [3.63, 3.8) is 0 Å². The standard InChI is InChI=1S/C26H30FN3O5S/c1-4-34-24(32)17-9-11-29(12-10-17)21(31)14-20-15-36-26-28-16(3)22(25(33)35-5-2)23(30(20)26)18-7-6-8-19(27)13-18/h6-8,13,15,17,23H,4-5,9-12,14H2,1-3H3. The van der Waals surface area contributed by atoms with Gasteiger partial charge < -0.3 is 19.3 Å². The molecule has 10 heteroatoms. The molecule has 0 aliphatic carbocycles.